The highest BCUT2D eigenvalue weighted by atomic mass is 79.9. The molecule has 2 heterocycles. The Balaban J connectivity index is 1.08. The largest absolute Gasteiger partial charge is 0.482 e. The number of esters is 1. The molecule has 1 aliphatic rings. The van der Waals surface area contributed by atoms with Crippen molar-refractivity contribution in [3.8, 4) is 22.9 Å². The Hall–Kier alpha value is -5.87. The molecule has 0 saturated heterocycles. The number of hydrogen-bond acceptors (Lipinski definition) is 8. The molecule has 5 aromatic rings. The van der Waals surface area contributed by atoms with E-state index in [9.17, 15) is 24.0 Å². The highest BCUT2D eigenvalue weighted by Gasteiger charge is 2.29. The molecule has 6 rings (SSSR count). The number of nitriles is 1. The third-order valence-electron chi connectivity index (χ3n) is 8.78. The van der Waals surface area contributed by atoms with Gasteiger partial charge in [0.05, 0.1) is 18.7 Å². The smallest absolute Gasteiger partial charge is 0.306 e. The van der Waals surface area contributed by atoms with Gasteiger partial charge in [-0.15, -0.1) is 0 Å². The molecular weight excluding hydrogens is 731 g/mol. The van der Waals surface area contributed by atoms with E-state index >= 15 is 0 Å². The van der Waals surface area contributed by atoms with E-state index in [0.29, 0.717) is 15.9 Å². The van der Waals surface area contributed by atoms with Crippen molar-refractivity contribution < 1.29 is 28.2 Å². The van der Waals surface area contributed by atoms with E-state index in [1.54, 1.807) is 33.2 Å². The van der Waals surface area contributed by atoms with Gasteiger partial charge in [0.15, 0.2) is 11.6 Å². The lowest BCUT2D eigenvalue weighted by Gasteiger charge is -2.22. The minimum absolute atomic E-state index is 0.0810. The number of fused-ring (bicyclic) bond motifs is 3. The van der Waals surface area contributed by atoms with Crippen molar-refractivity contribution in [2.75, 3.05) is 19.0 Å². The van der Waals surface area contributed by atoms with Crippen LogP contribution in [0, 0.1) is 17.1 Å². The molecular formula is C39H34BrFN6O5. The monoisotopic (exact) mass is 764 g/mol. The lowest BCUT2D eigenvalue weighted by molar-refractivity contribution is -0.144. The predicted molar refractivity (Wildman–Crippen MR) is 194 cm³/mol. The first-order valence-electron chi connectivity index (χ1n) is 16.5. The maximum Gasteiger partial charge on any atom is 0.306 e. The number of carbonyl (C=O) groups excluding carboxylic acids is 3. The lowest BCUT2D eigenvalue weighted by atomic mass is 9.98. The second-order valence-electron chi connectivity index (χ2n) is 12.4. The first kappa shape index (κ1) is 35.9. The molecule has 52 heavy (non-hydrogen) atoms. The second kappa shape index (κ2) is 15.6. The first-order valence-corrected chi connectivity index (χ1v) is 17.3. The Morgan fingerprint density at radius 2 is 1.73 bits per heavy atom. The molecule has 2 aromatic heterocycles. The molecule has 1 N–H and O–H groups in total. The van der Waals surface area contributed by atoms with Crippen molar-refractivity contribution >= 4 is 39.5 Å². The van der Waals surface area contributed by atoms with Gasteiger partial charge in [-0.2, -0.15) is 10.4 Å². The molecule has 11 nitrogen and oxygen atoms in total. The van der Waals surface area contributed by atoms with Gasteiger partial charge in [0.1, 0.15) is 30.3 Å². The number of aryl methyl sites for hydroxylation is 1. The number of amides is 2. The van der Waals surface area contributed by atoms with E-state index in [1.807, 2.05) is 42.5 Å². The summed E-state index contributed by atoms with van der Waals surface area (Å²) >= 11 is 3.37. The SMILES string of the molecule is C[C@@H](Oc1cc(Br)cnc1NC(=O)CCC(=O)OCC1c2ccccc2-c2ccccc21)c1cc(F)ccc1C(=O)N(C)Cc1cc(C#N)n(C)n1. The number of halogens is 2. The predicted octanol–water partition coefficient (Wildman–Crippen LogP) is 7.07. The van der Waals surface area contributed by atoms with Gasteiger partial charge in [0, 0.05) is 48.2 Å². The normalized spacial score (nSPS) is 12.3. The van der Waals surface area contributed by atoms with Crippen LogP contribution >= 0.6 is 15.9 Å². The third-order valence-corrected chi connectivity index (χ3v) is 9.22. The molecule has 1 atom stereocenters. The van der Waals surface area contributed by atoms with Crippen LogP contribution in [0.25, 0.3) is 11.1 Å². The third kappa shape index (κ3) is 7.87. The molecule has 2 amide bonds. The van der Waals surface area contributed by atoms with Crippen LogP contribution in [-0.4, -0.2) is 51.1 Å². The molecule has 0 unspecified atom stereocenters. The van der Waals surface area contributed by atoms with Crippen LogP contribution in [0.3, 0.4) is 0 Å². The summed E-state index contributed by atoms with van der Waals surface area (Å²) in [6.45, 7) is 1.92. The Bertz CT molecular complexity index is 2170. The number of rotatable bonds is 12. The average Bonchev–Trinajstić information content (AvgIpc) is 3.66. The van der Waals surface area contributed by atoms with Crippen LogP contribution in [0.2, 0.25) is 0 Å². The van der Waals surface area contributed by atoms with E-state index in [-0.39, 0.29) is 54.6 Å². The van der Waals surface area contributed by atoms with Crippen LogP contribution in [0.5, 0.6) is 5.75 Å². The molecule has 0 saturated carbocycles. The van der Waals surface area contributed by atoms with Crippen LogP contribution in [0.1, 0.15) is 70.2 Å². The van der Waals surface area contributed by atoms with E-state index in [0.717, 1.165) is 22.3 Å². The van der Waals surface area contributed by atoms with Gasteiger partial charge in [-0.3, -0.25) is 19.1 Å². The minimum atomic E-state index is -0.865. The number of hydrogen-bond donors (Lipinski definition) is 1. The molecule has 3 aromatic carbocycles. The molecule has 0 radical (unpaired) electrons. The zero-order valence-electron chi connectivity index (χ0n) is 28.6. The fourth-order valence-corrected chi connectivity index (χ4v) is 6.56. The summed E-state index contributed by atoms with van der Waals surface area (Å²) in [6.07, 6.45) is 0.296. The van der Waals surface area contributed by atoms with Crippen molar-refractivity contribution in [2.45, 2.75) is 38.3 Å². The minimum Gasteiger partial charge on any atom is -0.482 e. The fourth-order valence-electron chi connectivity index (χ4n) is 6.25. The molecule has 1 aliphatic carbocycles. The van der Waals surface area contributed by atoms with Crippen molar-refractivity contribution in [3.05, 3.63) is 129 Å². The summed E-state index contributed by atoms with van der Waals surface area (Å²) in [7, 11) is 3.22. The number of nitrogens with zero attached hydrogens (tertiary/aromatic N) is 5. The Kier molecular flexibility index (Phi) is 10.8. The molecule has 0 bridgehead atoms. The molecule has 0 fully saturated rings. The second-order valence-corrected chi connectivity index (χ2v) is 13.3. The van der Waals surface area contributed by atoms with Crippen LogP contribution in [0.4, 0.5) is 10.2 Å². The van der Waals surface area contributed by atoms with Crippen molar-refractivity contribution in [3.63, 3.8) is 0 Å². The number of aromatic nitrogens is 3. The van der Waals surface area contributed by atoms with E-state index in [4.69, 9.17) is 9.47 Å². The standard InChI is InChI=1S/C39H34BrFN6O5/c1-23(33-17-25(41)12-13-32(33)39(50)46(2)21-26-18-27(19-42)47(3)45-26)52-35-16-24(40)20-43-38(35)44-36(48)14-15-37(49)51-22-34-30-10-6-4-8-28(30)29-9-5-7-11-31(29)34/h4-13,16-18,20,23,34H,14-15,21-22H2,1-3H3,(H,43,44,48)/t23-/m1/s1. The highest BCUT2D eigenvalue weighted by Crippen LogP contribution is 2.44. The summed E-state index contributed by atoms with van der Waals surface area (Å²) in [4.78, 5) is 45.0. The number of nitrogens with one attached hydrogen (secondary N) is 1. The van der Waals surface area contributed by atoms with Gasteiger partial charge >= 0.3 is 5.97 Å². The van der Waals surface area contributed by atoms with Crippen LogP contribution < -0.4 is 10.1 Å². The fraction of sp³-hybridized carbons (Fsp3) is 0.231. The lowest BCUT2D eigenvalue weighted by Crippen LogP contribution is -2.28. The maximum absolute atomic E-state index is 14.5. The van der Waals surface area contributed by atoms with E-state index in [1.165, 1.54) is 34.0 Å². The number of ether oxygens (including phenoxy) is 2. The summed E-state index contributed by atoms with van der Waals surface area (Å²) in [5.41, 5.74) is 5.77. The Labute approximate surface area is 308 Å². The zero-order chi connectivity index (χ0) is 36.9. The van der Waals surface area contributed by atoms with Gasteiger partial charge in [-0.05, 0) is 75.4 Å². The number of pyridine rings is 1. The summed E-state index contributed by atoms with van der Waals surface area (Å²) in [6, 6.07) is 25.1. The molecule has 264 valence electrons. The number of benzene rings is 3. The van der Waals surface area contributed by atoms with Crippen molar-refractivity contribution in [1.29, 1.82) is 5.26 Å². The van der Waals surface area contributed by atoms with Gasteiger partial charge in [0.25, 0.3) is 5.91 Å². The molecule has 0 spiro atoms. The summed E-state index contributed by atoms with van der Waals surface area (Å²) in [5, 5.41) is 16.2. The highest BCUT2D eigenvalue weighted by molar-refractivity contribution is 9.10. The first-order chi connectivity index (χ1) is 25.0. The quantitative estimate of drug-likeness (QED) is 0.133. The van der Waals surface area contributed by atoms with Crippen molar-refractivity contribution in [1.82, 2.24) is 19.7 Å². The number of carbonyl (C=O) groups is 3. The van der Waals surface area contributed by atoms with Gasteiger partial charge in [-0.1, -0.05) is 48.5 Å². The van der Waals surface area contributed by atoms with Crippen molar-refractivity contribution in [2.24, 2.45) is 7.05 Å². The Morgan fingerprint density at radius 3 is 2.40 bits per heavy atom. The molecule has 0 aliphatic heterocycles. The molecule has 13 heteroatoms. The van der Waals surface area contributed by atoms with Gasteiger partial charge < -0.3 is 19.7 Å². The summed E-state index contributed by atoms with van der Waals surface area (Å²) in [5.74, 6) is -1.83. The Morgan fingerprint density at radius 1 is 1.04 bits per heavy atom. The zero-order valence-corrected chi connectivity index (χ0v) is 30.2. The number of anilines is 1. The van der Waals surface area contributed by atoms with Gasteiger partial charge in [-0.25, -0.2) is 9.37 Å². The van der Waals surface area contributed by atoms with Gasteiger partial charge in [0.2, 0.25) is 5.91 Å². The topological polar surface area (TPSA) is 139 Å². The van der Waals surface area contributed by atoms with Crippen LogP contribution in [-0.2, 0) is 27.9 Å². The summed E-state index contributed by atoms with van der Waals surface area (Å²) < 4.78 is 28.3. The maximum atomic E-state index is 14.5. The average molecular weight is 766 g/mol. The van der Waals surface area contributed by atoms with Crippen LogP contribution in [0.15, 0.2) is 89.5 Å². The van der Waals surface area contributed by atoms with E-state index in [2.05, 4.69) is 43.5 Å². The van der Waals surface area contributed by atoms with E-state index < -0.39 is 29.7 Å².